The second-order valence-electron chi connectivity index (χ2n) is 13.4. The summed E-state index contributed by atoms with van der Waals surface area (Å²) >= 11 is 5.73. The molecule has 0 unspecified atom stereocenters. The average molecular weight is 594 g/mol. The maximum atomic E-state index is 11.6. The molecule has 0 heterocycles. The molecule has 0 fully saturated rings. The summed E-state index contributed by atoms with van der Waals surface area (Å²) in [5, 5.41) is 9.24. The molecule has 0 bridgehead atoms. The second kappa shape index (κ2) is 15.5. The number of hydrogen-bond acceptors (Lipinski definition) is 3. The molecule has 0 radical (unpaired) electrons. The lowest BCUT2D eigenvalue weighted by Crippen LogP contribution is -2.27. The number of aryl methyl sites for hydroxylation is 2. The number of benzene rings is 3. The molecule has 0 saturated heterocycles. The lowest BCUT2D eigenvalue weighted by atomic mass is 9.95. The molecule has 3 N–H and O–H groups in total. The van der Waals surface area contributed by atoms with Gasteiger partial charge in [0.05, 0.1) is 0 Å². The molecular formula is C35H48ClN3O3. The summed E-state index contributed by atoms with van der Waals surface area (Å²) in [5.41, 5.74) is 3.74. The van der Waals surface area contributed by atoms with Gasteiger partial charge < -0.3 is 16.0 Å². The van der Waals surface area contributed by atoms with Gasteiger partial charge >= 0.3 is 0 Å². The van der Waals surface area contributed by atoms with E-state index in [2.05, 4.69) is 16.0 Å². The number of anilines is 3. The molecule has 0 saturated carbocycles. The summed E-state index contributed by atoms with van der Waals surface area (Å²) in [4.78, 5) is 34.8. The number of carbonyl (C=O) groups is 3. The predicted octanol–water partition coefficient (Wildman–Crippen LogP) is 9.28. The molecule has 3 rings (SSSR count). The van der Waals surface area contributed by atoms with Crippen LogP contribution < -0.4 is 16.0 Å². The molecule has 0 aromatic heterocycles. The van der Waals surface area contributed by atoms with Crippen molar-refractivity contribution in [3.8, 4) is 0 Å². The molecule has 228 valence electrons. The molecule has 0 spiro atoms. The van der Waals surface area contributed by atoms with Crippen LogP contribution in [0.3, 0.4) is 0 Å². The van der Waals surface area contributed by atoms with Crippen molar-refractivity contribution >= 4 is 46.4 Å². The highest BCUT2D eigenvalue weighted by Crippen LogP contribution is 2.20. The first-order valence-electron chi connectivity index (χ1n) is 14.0. The zero-order valence-electron chi connectivity index (χ0n) is 27.0. The van der Waals surface area contributed by atoms with Crippen LogP contribution in [0.4, 0.5) is 17.1 Å². The van der Waals surface area contributed by atoms with Crippen LogP contribution in [0.2, 0.25) is 5.02 Å². The Balaban J connectivity index is 0.000000315. The molecule has 3 aromatic carbocycles. The molecule has 7 heteroatoms. The van der Waals surface area contributed by atoms with Crippen molar-refractivity contribution in [1.82, 2.24) is 0 Å². The minimum Gasteiger partial charge on any atom is -0.326 e. The second-order valence-corrected chi connectivity index (χ2v) is 13.8. The minimum atomic E-state index is -0.375. The number of hydrogen-bond donors (Lipinski definition) is 3. The minimum absolute atomic E-state index is 0.000164. The molecule has 0 aliphatic heterocycles. The number of nitrogens with one attached hydrogen (secondary N) is 3. The number of amides is 3. The molecule has 6 nitrogen and oxygen atoms in total. The first kappa shape index (κ1) is 36.4. The van der Waals surface area contributed by atoms with Crippen LogP contribution in [-0.4, -0.2) is 17.7 Å². The molecule has 0 aliphatic rings. The lowest BCUT2D eigenvalue weighted by molar-refractivity contribution is -0.123. The van der Waals surface area contributed by atoms with Crippen LogP contribution in [0, 0.1) is 30.1 Å². The Morgan fingerprint density at radius 2 is 0.810 bits per heavy atom. The van der Waals surface area contributed by atoms with Crippen LogP contribution >= 0.6 is 11.6 Å². The summed E-state index contributed by atoms with van der Waals surface area (Å²) in [6.07, 6.45) is 0. The Hall–Kier alpha value is -3.64. The van der Waals surface area contributed by atoms with Crippen molar-refractivity contribution in [3.05, 3.63) is 88.9 Å². The van der Waals surface area contributed by atoms with E-state index in [-0.39, 0.29) is 34.0 Å². The van der Waals surface area contributed by atoms with Crippen LogP contribution in [0.15, 0.2) is 72.8 Å². The molecule has 3 aromatic rings. The SMILES string of the molecule is CC(C)(C)C(=O)Nc1ccc(Cl)cc1.Cc1cccc(NC(=O)C(C)(C)C)c1.Cc1cccc(NC(=O)C(C)(C)C)c1. The Bertz CT molecular complexity index is 1260. The van der Waals surface area contributed by atoms with Gasteiger partial charge in [-0.05, 0) is 73.5 Å². The van der Waals surface area contributed by atoms with Crippen molar-refractivity contribution in [2.24, 2.45) is 16.2 Å². The zero-order chi connectivity index (χ0) is 32.3. The van der Waals surface area contributed by atoms with E-state index in [1.54, 1.807) is 24.3 Å². The summed E-state index contributed by atoms with van der Waals surface area (Å²) in [6.45, 7) is 21.0. The average Bonchev–Trinajstić information content (AvgIpc) is 2.84. The van der Waals surface area contributed by atoms with E-state index in [4.69, 9.17) is 11.6 Å². The van der Waals surface area contributed by atoms with Gasteiger partial charge in [0.25, 0.3) is 0 Å². The molecule has 3 amide bonds. The largest absolute Gasteiger partial charge is 0.326 e. The molecular weight excluding hydrogens is 546 g/mol. The van der Waals surface area contributed by atoms with Crippen LogP contribution in [-0.2, 0) is 14.4 Å². The summed E-state index contributed by atoms with van der Waals surface area (Å²) < 4.78 is 0. The Kier molecular flexibility index (Phi) is 13.5. The normalized spacial score (nSPS) is 11.1. The Labute approximate surface area is 257 Å². The standard InChI is InChI=1S/2C12H17NO.C11H14ClNO/c2*1-9-6-5-7-10(8-9)13-11(14)12(2,3)4;1-11(2,3)10(14)13-9-6-4-8(12)5-7-9/h2*5-8H,1-4H3,(H,13,14);4-7H,1-3H3,(H,13,14). The van der Waals surface area contributed by atoms with Crippen molar-refractivity contribution in [3.63, 3.8) is 0 Å². The van der Waals surface area contributed by atoms with Gasteiger partial charge in [-0.15, -0.1) is 0 Å². The van der Waals surface area contributed by atoms with E-state index in [0.29, 0.717) is 5.02 Å². The third-order valence-corrected chi connectivity index (χ3v) is 5.95. The van der Waals surface area contributed by atoms with Gasteiger partial charge in [-0.3, -0.25) is 14.4 Å². The Morgan fingerprint density at radius 3 is 1.10 bits per heavy atom. The van der Waals surface area contributed by atoms with Crippen molar-refractivity contribution in [2.45, 2.75) is 76.2 Å². The van der Waals surface area contributed by atoms with E-state index in [9.17, 15) is 14.4 Å². The first-order chi connectivity index (χ1) is 19.2. The number of halogens is 1. The van der Waals surface area contributed by atoms with E-state index in [1.165, 1.54) is 0 Å². The molecule has 0 atom stereocenters. The van der Waals surface area contributed by atoms with E-state index in [0.717, 1.165) is 28.2 Å². The van der Waals surface area contributed by atoms with Crippen molar-refractivity contribution < 1.29 is 14.4 Å². The monoisotopic (exact) mass is 593 g/mol. The first-order valence-corrected chi connectivity index (χ1v) is 14.4. The smallest absolute Gasteiger partial charge is 0.229 e. The van der Waals surface area contributed by atoms with Gasteiger partial charge in [-0.1, -0.05) is 98.2 Å². The predicted molar refractivity (Wildman–Crippen MR) is 178 cm³/mol. The summed E-state index contributed by atoms with van der Waals surface area (Å²) in [7, 11) is 0. The number of carbonyl (C=O) groups excluding carboxylic acids is 3. The fraction of sp³-hybridized carbons (Fsp3) is 0.400. The van der Waals surface area contributed by atoms with Gasteiger partial charge in [0.15, 0.2) is 0 Å². The topological polar surface area (TPSA) is 87.3 Å². The third-order valence-electron chi connectivity index (χ3n) is 5.70. The highest BCUT2D eigenvalue weighted by Gasteiger charge is 2.22. The van der Waals surface area contributed by atoms with Gasteiger partial charge in [-0.2, -0.15) is 0 Å². The van der Waals surface area contributed by atoms with E-state index in [1.807, 2.05) is 125 Å². The third kappa shape index (κ3) is 14.3. The van der Waals surface area contributed by atoms with Gasteiger partial charge in [0.1, 0.15) is 0 Å². The van der Waals surface area contributed by atoms with Gasteiger partial charge in [0, 0.05) is 38.3 Å². The highest BCUT2D eigenvalue weighted by molar-refractivity contribution is 6.30. The van der Waals surface area contributed by atoms with Crippen molar-refractivity contribution in [1.29, 1.82) is 0 Å². The maximum absolute atomic E-state index is 11.6. The van der Waals surface area contributed by atoms with Crippen LogP contribution in [0.1, 0.15) is 73.4 Å². The fourth-order valence-electron chi connectivity index (χ4n) is 2.93. The van der Waals surface area contributed by atoms with Crippen LogP contribution in [0.5, 0.6) is 0 Å². The zero-order valence-corrected chi connectivity index (χ0v) is 27.8. The molecule has 42 heavy (non-hydrogen) atoms. The van der Waals surface area contributed by atoms with Gasteiger partial charge in [0.2, 0.25) is 17.7 Å². The number of rotatable bonds is 3. The van der Waals surface area contributed by atoms with E-state index >= 15 is 0 Å². The maximum Gasteiger partial charge on any atom is 0.229 e. The van der Waals surface area contributed by atoms with Crippen molar-refractivity contribution in [2.75, 3.05) is 16.0 Å². The summed E-state index contributed by atoms with van der Waals surface area (Å²) in [6, 6.07) is 22.7. The fourth-order valence-corrected chi connectivity index (χ4v) is 3.06. The molecule has 0 aliphatic carbocycles. The Morgan fingerprint density at radius 1 is 0.500 bits per heavy atom. The highest BCUT2D eigenvalue weighted by atomic mass is 35.5. The van der Waals surface area contributed by atoms with Crippen LogP contribution in [0.25, 0.3) is 0 Å². The summed E-state index contributed by atoms with van der Waals surface area (Å²) in [5.74, 6) is 0.0889. The van der Waals surface area contributed by atoms with E-state index < -0.39 is 0 Å². The van der Waals surface area contributed by atoms with Gasteiger partial charge in [-0.25, -0.2) is 0 Å². The lowest BCUT2D eigenvalue weighted by Gasteiger charge is -2.17. The quantitative estimate of drug-likeness (QED) is 0.283.